The van der Waals surface area contributed by atoms with Gasteiger partial charge in [-0.05, 0) is 84.5 Å². The first-order valence-corrected chi connectivity index (χ1v) is 10.2. The molecule has 2 heteroatoms. The molecular formula is C20H31NS. The maximum Gasteiger partial charge on any atom is 0.00448 e. The Morgan fingerprint density at radius 1 is 1.18 bits per heavy atom. The van der Waals surface area contributed by atoms with Crippen LogP contribution in [0.4, 0.5) is 0 Å². The van der Waals surface area contributed by atoms with Gasteiger partial charge in [0.25, 0.3) is 0 Å². The molecule has 3 rings (SSSR count). The lowest BCUT2D eigenvalue weighted by Crippen LogP contribution is -2.17. The smallest absolute Gasteiger partial charge is 0.00448 e. The van der Waals surface area contributed by atoms with Crippen LogP contribution in [0.3, 0.4) is 0 Å². The molecule has 1 aromatic carbocycles. The summed E-state index contributed by atoms with van der Waals surface area (Å²) in [6.45, 7) is 4.64. The fourth-order valence-corrected chi connectivity index (χ4v) is 5.26. The Bertz CT molecular complexity index is 496. The largest absolute Gasteiger partial charge is 0.328 e. The van der Waals surface area contributed by atoms with Gasteiger partial charge in [0, 0.05) is 6.04 Å². The van der Waals surface area contributed by atoms with Gasteiger partial charge in [0.05, 0.1) is 0 Å². The average molecular weight is 318 g/mol. The summed E-state index contributed by atoms with van der Waals surface area (Å²) in [6, 6.07) is 7.76. The van der Waals surface area contributed by atoms with Crippen molar-refractivity contribution < 1.29 is 0 Å². The molecule has 0 aliphatic heterocycles. The number of hydrogen-bond acceptors (Lipinski definition) is 2. The predicted molar refractivity (Wildman–Crippen MR) is 98.7 cm³/mol. The molecule has 1 aromatic rings. The molecule has 0 radical (unpaired) electrons. The van der Waals surface area contributed by atoms with E-state index in [1.165, 1.54) is 50.0 Å². The standard InChI is InChI=1S/C20H31NS/c1-14(2)12-22-13-15-3-4-17-10-18(6-5-16(17)9-15)19-7-8-20(21)11-19/h5-6,10,14-15,19-20H,3-4,7-9,11-13,21H2,1-2H3/t15-,19?,20+/m0/s1. The third-order valence-electron chi connectivity index (χ3n) is 5.31. The lowest BCUT2D eigenvalue weighted by Gasteiger charge is -2.26. The number of rotatable bonds is 5. The number of thioether (sulfide) groups is 1. The second kappa shape index (κ2) is 7.40. The lowest BCUT2D eigenvalue weighted by molar-refractivity contribution is 0.508. The second-order valence-corrected chi connectivity index (χ2v) is 8.91. The van der Waals surface area contributed by atoms with Crippen molar-refractivity contribution in [3.8, 4) is 0 Å². The molecule has 2 aliphatic rings. The van der Waals surface area contributed by atoms with Gasteiger partial charge in [-0.15, -0.1) is 0 Å². The quantitative estimate of drug-likeness (QED) is 0.846. The van der Waals surface area contributed by atoms with E-state index in [0.717, 1.165) is 17.8 Å². The van der Waals surface area contributed by atoms with Gasteiger partial charge in [0.15, 0.2) is 0 Å². The molecular weight excluding hydrogens is 286 g/mol. The summed E-state index contributed by atoms with van der Waals surface area (Å²) in [6.07, 6.45) is 7.64. The summed E-state index contributed by atoms with van der Waals surface area (Å²) in [5.41, 5.74) is 10.9. The Morgan fingerprint density at radius 3 is 2.77 bits per heavy atom. The van der Waals surface area contributed by atoms with E-state index >= 15 is 0 Å². The van der Waals surface area contributed by atoms with Crippen LogP contribution >= 0.6 is 11.8 Å². The van der Waals surface area contributed by atoms with Crippen molar-refractivity contribution in [1.82, 2.24) is 0 Å². The number of hydrogen-bond donors (Lipinski definition) is 1. The number of benzene rings is 1. The van der Waals surface area contributed by atoms with Crippen LogP contribution in [0, 0.1) is 11.8 Å². The highest BCUT2D eigenvalue weighted by molar-refractivity contribution is 7.99. The van der Waals surface area contributed by atoms with Gasteiger partial charge >= 0.3 is 0 Å². The molecule has 22 heavy (non-hydrogen) atoms. The van der Waals surface area contributed by atoms with E-state index in [0.29, 0.717) is 6.04 Å². The van der Waals surface area contributed by atoms with Crippen molar-refractivity contribution in [1.29, 1.82) is 0 Å². The SMILES string of the molecule is CC(C)CSC[C@H]1CCc2cc(C3CC[C@@H](N)C3)ccc2C1. The van der Waals surface area contributed by atoms with E-state index in [2.05, 4.69) is 43.8 Å². The van der Waals surface area contributed by atoms with E-state index < -0.39 is 0 Å². The molecule has 0 heterocycles. The maximum atomic E-state index is 6.08. The lowest BCUT2D eigenvalue weighted by atomic mass is 9.82. The highest BCUT2D eigenvalue weighted by atomic mass is 32.2. The zero-order chi connectivity index (χ0) is 15.5. The van der Waals surface area contributed by atoms with E-state index in [4.69, 9.17) is 5.73 Å². The first-order valence-electron chi connectivity index (χ1n) is 9.07. The van der Waals surface area contributed by atoms with Crippen LogP contribution < -0.4 is 5.73 Å². The fraction of sp³-hybridized carbons (Fsp3) is 0.700. The Morgan fingerprint density at radius 2 is 2.05 bits per heavy atom. The monoisotopic (exact) mass is 317 g/mol. The summed E-state index contributed by atoms with van der Waals surface area (Å²) in [5.74, 6) is 5.09. The topological polar surface area (TPSA) is 26.0 Å². The second-order valence-electron chi connectivity index (χ2n) is 7.84. The molecule has 1 fully saturated rings. The van der Waals surface area contributed by atoms with Gasteiger partial charge in [0.1, 0.15) is 0 Å². The Hall–Kier alpha value is -0.470. The van der Waals surface area contributed by atoms with Crippen LogP contribution in [0.25, 0.3) is 0 Å². The first-order chi connectivity index (χ1) is 10.6. The van der Waals surface area contributed by atoms with Gasteiger partial charge in [-0.25, -0.2) is 0 Å². The van der Waals surface area contributed by atoms with Crippen LogP contribution in [-0.4, -0.2) is 17.5 Å². The molecule has 2 N–H and O–H groups in total. The Balaban J connectivity index is 1.59. The van der Waals surface area contributed by atoms with Crippen LogP contribution in [-0.2, 0) is 12.8 Å². The summed E-state index contributed by atoms with van der Waals surface area (Å²) in [4.78, 5) is 0. The van der Waals surface area contributed by atoms with Crippen molar-refractivity contribution in [2.75, 3.05) is 11.5 Å². The Labute approximate surface area is 140 Å². The molecule has 0 spiro atoms. The zero-order valence-corrected chi connectivity index (χ0v) is 15.0. The van der Waals surface area contributed by atoms with Crippen LogP contribution in [0.15, 0.2) is 18.2 Å². The molecule has 0 saturated heterocycles. The van der Waals surface area contributed by atoms with Crippen molar-refractivity contribution in [3.63, 3.8) is 0 Å². The molecule has 1 unspecified atom stereocenters. The summed E-state index contributed by atoms with van der Waals surface area (Å²) in [5, 5.41) is 0. The van der Waals surface area contributed by atoms with Crippen molar-refractivity contribution in [3.05, 3.63) is 34.9 Å². The third-order valence-corrected chi connectivity index (χ3v) is 6.92. The molecule has 3 atom stereocenters. The minimum absolute atomic E-state index is 0.434. The third kappa shape index (κ3) is 4.08. The van der Waals surface area contributed by atoms with Gasteiger partial charge in [0.2, 0.25) is 0 Å². The highest BCUT2D eigenvalue weighted by Gasteiger charge is 2.25. The van der Waals surface area contributed by atoms with Crippen molar-refractivity contribution >= 4 is 11.8 Å². The minimum atomic E-state index is 0.434. The number of nitrogens with two attached hydrogens (primary N) is 1. The van der Waals surface area contributed by atoms with E-state index in [1.54, 1.807) is 16.7 Å². The maximum absolute atomic E-state index is 6.08. The molecule has 1 saturated carbocycles. The van der Waals surface area contributed by atoms with Gasteiger partial charge in [-0.1, -0.05) is 32.0 Å². The van der Waals surface area contributed by atoms with Gasteiger partial charge < -0.3 is 5.73 Å². The molecule has 0 amide bonds. The Kier molecular flexibility index (Phi) is 5.51. The molecule has 122 valence electrons. The molecule has 2 aliphatic carbocycles. The first kappa shape index (κ1) is 16.4. The van der Waals surface area contributed by atoms with Crippen molar-refractivity contribution in [2.24, 2.45) is 17.6 Å². The summed E-state index contributed by atoms with van der Waals surface area (Å²) < 4.78 is 0. The van der Waals surface area contributed by atoms with Gasteiger partial charge in [-0.3, -0.25) is 0 Å². The van der Waals surface area contributed by atoms with E-state index in [-0.39, 0.29) is 0 Å². The molecule has 0 bridgehead atoms. The molecule has 1 nitrogen and oxygen atoms in total. The number of aryl methyl sites for hydroxylation is 1. The van der Waals surface area contributed by atoms with Crippen LogP contribution in [0.2, 0.25) is 0 Å². The molecule has 0 aromatic heterocycles. The van der Waals surface area contributed by atoms with E-state index in [1.807, 2.05) is 0 Å². The number of fused-ring (bicyclic) bond motifs is 1. The normalized spacial score (nSPS) is 28.1. The van der Waals surface area contributed by atoms with E-state index in [9.17, 15) is 0 Å². The summed E-state index contributed by atoms with van der Waals surface area (Å²) >= 11 is 2.15. The summed E-state index contributed by atoms with van der Waals surface area (Å²) in [7, 11) is 0. The van der Waals surface area contributed by atoms with Crippen LogP contribution in [0.1, 0.15) is 62.1 Å². The van der Waals surface area contributed by atoms with Crippen LogP contribution in [0.5, 0.6) is 0 Å². The average Bonchev–Trinajstić information content (AvgIpc) is 2.93. The zero-order valence-electron chi connectivity index (χ0n) is 14.2. The highest BCUT2D eigenvalue weighted by Crippen LogP contribution is 2.36. The minimum Gasteiger partial charge on any atom is -0.328 e. The fourth-order valence-electron chi connectivity index (χ4n) is 4.04. The predicted octanol–water partition coefficient (Wildman–Crippen LogP) is 4.78. The van der Waals surface area contributed by atoms with Gasteiger partial charge in [-0.2, -0.15) is 11.8 Å². The van der Waals surface area contributed by atoms with Crippen molar-refractivity contribution in [2.45, 2.75) is 64.3 Å².